The number of nitrogens with zero attached hydrogens (tertiary/aromatic N) is 1. The SMILES string of the molecule is CCOc1ccc(CN(C)C(C)C(=O)Nc2ccc3[nH]c(=O)[nH]c3c2)cc1. The van der Waals surface area contributed by atoms with Crippen molar-refractivity contribution in [3.8, 4) is 5.75 Å². The summed E-state index contributed by atoms with van der Waals surface area (Å²) in [5, 5.41) is 2.90. The number of H-pyrrole nitrogens is 2. The van der Waals surface area contributed by atoms with Crippen LogP contribution in [0.3, 0.4) is 0 Å². The van der Waals surface area contributed by atoms with Crippen molar-refractivity contribution in [2.45, 2.75) is 26.4 Å². The molecule has 1 heterocycles. The van der Waals surface area contributed by atoms with Gasteiger partial charge < -0.3 is 20.0 Å². The van der Waals surface area contributed by atoms with Crippen molar-refractivity contribution < 1.29 is 9.53 Å². The summed E-state index contributed by atoms with van der Waals surface area (Å²) in [6, 6.07) is 12.8. The number of likely N-dealkylation sites (N-methyl/N-ethyl adjacent to an activating group) is 1. The second kappa shape index (κ2) is 8.09. The Kier molecular flexibility index (Phi) is 5.61. The second-order valence-corrected chi connectivity index (χ2v) is 6.50. The summed E-state index contributed by atoms with van der Waals surface area (Å²) in [5.41, 5.74) is 2.85. The van der Waals surface area contributed by atoms with Crippen LogP contribution in [0, 0.1) is 0 Å². The molecule has 1 amide bonds. The number of hydrogen-bond donors (Lipinski definition) is 3. The molecule has 3 rings (SSSR count). The molecule has 7 nitrogen and oxygen atoms in total. The molecule has 7 heteroatoms. The third-order valence-corrected chi connectivity index (χ3v) is 4.49. The minimum absolute atomic E-state index is 0.110. The van der Waals surface area contributed by atoms with Crippen LogP contribution in [0.4, 0.5) is 5.69 Å². The van der Waals surface area contributed by atoms with E-state index in [-0.39, 0.29) is 17.6 Å². The smallest absolute Gasteiger partial charge is 0.323 e. The molecule has 0 saturated heterocycles. The van der Waals surface area contributed by atoms with E-state index in [9.17, 15) is 9.59 Å². The quantitative estimate of drug-likeness (QED) is 0.598. The van der Waals surface area contributed by atoms with Gasteiger partial charge in [-0.3, -0.25) is 9.69 Å². The molecule has 0 radical (unpaired) electrons. The van der Waals surface area contributed by atoms with E-state index < -0.39 is 0 Å². The van der Waals surface area contributed by atoms with Crippen LogP contribution in [0.1, 0.15) is 19.4 Å². The number of aromatic amines is 2. The predicted octanol–water partition coefficient (Wildman–Crippen LogP) is 2.71. The number of rotatable bonds is 7. The highest BCUT2D eigenvalue weighted by atomic mass is 16.5. The summed E-state index contributed by atoms with van der Waals surface area (Å²) in [7, 11) is 1.91. The van der Waals surface area contributed by atoms with Gasteiger partial charge in [-0.1, -0.05) is 12.1 Å². The van der Waals surface area contributed by atoms with E-state index in [1.807, 2.05) is 50.1 Å². The zero-order valence-corrected chi connectivity index (χ0v) is 15.7. The molecule has 0 aliphatic heterocycles. The first-order chi connectivity index (χ1) is 13.0. The van der Waals surface area contributed by atoms with Crippen molar-refractivity contribution in [3.05, 3.63) is 58.5 Å². The van der Waals surface area contributed by atoms with Crippen molar-refractivity contribution in [1.82, 2.24) is 14.9 Å². The Labute approximate surface area is 157 Å². The van der Waals surface area contributed by atoms with Crippen molar-refractivity contribution in [1.29, 1.82) is 0 Å². The van der Waals surface area contributed by atoms with E-state index >= 15 is 0 Å². The maximum Gasteiger partial charge on any atom is 0.323 e. The number of nitrogens with one attached hydrogen (secondary N) is 3. The zero-order valence-electron chi connectivity index (χ0n) is 15.7. The van der Waals surface area contributed by atoms with Gasteiger partial charge >= 0.3 is 5.69 Å². The lowest BCUT2D eigenvalue weighted by molar-refractivity contribution is -0.120. The van der Waals surface area contributed by atoms with E-state index in [4.69, 9.17) is 4.74 Å². The second-order valence-electron chi connectivity index (χ2n) is 6.50. The lowest BCUT2D eigenvalue weighted by Crippen LogP contribution is -2.39. The highest BCUT2D eigenvalue weighted by Crippen LogP contribution is 2.17. The molecule has 142 valence electrons. The maximum absolute atomic E-state index is 12.6. The standard InChI is InChI=1S/C20H24N4O3/c1-4-27-16-8-5-14(6-9-16)12-24(3)13(2)19(25)21-15-7-10-17-18(11-15)23-20(26)22-17/h5-11,13H,4,12H2,1-3H3,(H,21,25)(H2,22,23,26). The molecule has 3 aromatic rings. The van der Waals surface area contributed by atoms with Crippen LogP contribution in [-0.2, 0) is 11.3 Å². The molecule has 0 saturated carbocycles. The monoisotopic (exact) mass is 368 g/mol. The molecule has 27 heavy (non-hydrogen) atoms. The van der Waals surface area contributed by atoms with Crippen LogP contribution in [-0.4, -0.2) is 40.5 Å². The molecular weight excluding hydrogens is 344 g/mol. The van der Waals surface area contributed by atoms with Gasteiger partial charge in [0, 0.05) is 12.2 Å². The van der Waals surface area contributed by atoms with Crippen LogP contribution in [0.2, 0.25) is 0 Å². The third kappa shape index (κ3) is 4.57. The summed E-state index contributed by atoms with van der Waals surface area (Å²) >= 11 is 0. The Morgan fingerprint density at radius 2 is 1.85 bits per heavy atom. The average molecular weight is 368 g/mol. The van der Waals surface area contributed by atoms with Gasteiger partial charge in [-0.15, -0.1) is 0 Å². The highest BCUT2D eigenvalue weighted by Gasteiger charge is 2.18. The van der Waals surface area contributed by atoms with E-state index in [2.05, 4.69) is 15.3 Å². The van der Waals surface area contributed by atoms with Gasteiger partial charge in [0.05, 0.1) is 23.7 Å². The first-order valence-electron chi connectivity index (χ1n) is 8.91. The van der Waals surface area contributed by atoms with Crippen LogP contribution in [0.15, 0.2) is 47.3 Å². The van der Waals surface area contributed by atoms with E-state index in [0.29, 0.717) is 29.9 Å². The molecule has 0 bridgehead atoms. The van der Waals surface area contributed by atoms with Crippen LogP contribution < -0.4 is 15.7 Å². The molecule has 0 aliphatic rings. The Balaban J connectivity index is 1.61. The molecule has 0 spiro atoms. The summed E-state index contributed by atoms with van der Waals surface area (Å²) in [4.78, 5) is 31.2. The minimum atomic E-state index is -0.322. The first kappa shape index (κ1) is 18.7. The normalized spacial score (nSPS) is 12.3. The van der Waals surface area contributed by atoms with Crippen molar-refractivity contribution in [2.75, 3.05) is 19.0 Å². The van der Waals surface area contributed by atoms with Gasteiger partial charge in [-0.2, -0.15) is 0 Å². The van der Waals surface area contributed by atoms with Gasteiger partial charge in [0.1, 0.15) is 5.75 Å². The van der Waals surface area contributed by atoms with Gasteiger partial charge in [0.25, 0.3) is 0 Å². The highest BCUT2D eigenvalue weighted by molar-refractivity contribution is 5.96. The molecule has 0 fully saturated rings. The van der Waals surface area contributed by atoms with Crippen molar-refractivity contribution in [3.63, 3.8) is 0 Å². The van der Waals surface area contributed by atoms with E-state index in [1.54, 1.807) is 18.2 Å². The minimum Gasteiger partial charge on any atom is -0.494 e. The average Bonchev–Trinajstić information content (AvgIpc) is 3.02. The topological polar surface area (TPSA) is 90.2 Å². The molecular formula is C20H24N4O3. The van der Waals surface area contributed by atoms with Gasteiger partial charge in [-0.05, 0) is 56.8 Å². The zero-order chi connectivity index (χ0) is 19.4. The number of anilines is 1. The molecule has 0 aliphatic carbocycles. The van der Waals surface area contributed by atoms with E-state index in [0.717, 1.165) is 11.3 Å². The fraction of sp³-hybridized carbons (Fsp3) is 0.300. The number of carbonyl (C=O) groups excluding carboxylic acids is 1. The van der Waals surface area contributed by atoms with Crippen LogP contribution >= 0.6 is 0 Å². The van der Waals surface area contributed by atoms with Gasteiger partial charge in [0.15, 0.2) is 0 Å². The molecule has 1 aromatic heterocycles. The Bertz CT molecular complexity index is 975. The van der Waals surface area contributed by atoms with Crippen LogP contribution in [0.25, 0.3) is 11.0 Å². The van der Waals surface area contributed by atoms with Crippen molar-refractivity contribution >= 4 is 22.6 Å². The first-order valence-corrected chi connectivity index (χ1v) is 8.91. The van der Waals surface area contributed by atoms with E-state index in [1.165, 1.54) is 0 Å². The molecule has 1 atom stereocenters. The lowest BCUT2D eigenvalue weighted by atomic mass is 10.1. The molecule has 1 unspecified atom stereocenters. The number of fused-ring (bicyclic) bond motifs is 1. The number of imidazole rings is 1. The fourth-order valence-electron chi connectivity index (χ4n) is 2.84. The number of carbonyl (C=O) groups is 1. The summed E-state index contributed by atoms with van der Waals surface area (Å²) in [6.07, 6.45) is 0. The Morgan fingerprint density at radius 3 is 2.56 bits per heavy atom. The number of ether oxygens (including phenoxy) is 1. The summed E-state index contributed by atoms with van der Waals surface area (Å²) in [5.74, 6) is 0.730. The fourth-order valence-corrected chi connectivity index (χ4v) is 2.84. The largest absolute Gasteiger partial charge is 0.494 e. The lowest BCUT2D eigenvalue weighted by Gasteiger charge is -2.24. The number of hydrogen-bond acceptors (Lipinski definition) is 4. The number of amides is 1. The number of benzene rings is 2. The predicted molar refractivity (Wildman–Crippen MR) is 106 cm³/mol. The molecule has 3 N–H and O–H groups in total. The Hall–Kier alpha value is -3.06. The third-order valence-electron chi connectivity index (χ3n) is 4.49. The Morgan fingerprint density at radius 1 is 1.15 bits per heavy atom. The summed E-state index contributed by atoms with van der Waals surface area (Å²) < 4.78 is 5.45. The molecule has 2 aromatic carbocycles. The summed E-state index contributed by atoms with van der Waals surface area (Å²) in [6.45, 7) is 5.10. The number of aromatic nitrogens is 2. The van der Waals surface area contributed by atoms with Crippen LogP contribution in [0.5, 0.6) is 5.75 Å². The van der Waals surface area contributed by atoms with Crippen molar-refractivity contribution in [2.24, 2.45) is 0 Å². The maximum atomic E-state index is 12.6. The van der Waals surface area contributed by atoms with Gasteiger partial charge in [0.2, 0.25) is 5.91 Å². The van der Waals surface area contributed by atoms with Gasteiger partial charge in [-0.25, -0.2) is 4.79 Å².